The molecule has 4 amide bonds. The number of phenols is 1. The van der Waals surface area contributed by atoms with Crippen LogP contribution in [0.15, 0.2) is 24.4 Å². The number of nitrogens with zero attached hydrogens (tertiary/aromatic N) is 1. The molecule has 4 bridgehead atoms. The van der Waals surface area contributed by atoms with Crippen molar-refractivity contribution < 1.29 is 24.3 Å². The lowest BCUT2D eigenvalue weighted by atomic mass is 10.0. The Balaban J connectivity index is 1.76. The number of phenolic OH excluding ortho intramolecular Hbond substituents is 1. The first-order valence-corrected chi connectivity index (χ1v) is 13.3. The van der Waals surface area contributed by atoms with Gasteiger partial charge in [0.2, 0.25) is 23.6 Å². The summed E-state index contributed by atoms with van der Waals surface area (Å²) in [6, 6.07) is 1.45. The van der Waals surface area contributed by atoms with E-state index in [1.807, 2.05) is 0 Å². The Labute approximate surface area is 225 Å². The molecule has 0 unspecified atom stereocenters. The minimum atomic E-state index is -0.945. The van der Waals surface area contributed by atoms with Gasteiger partial charge in [-0.15, -0.1) is 11.3 Å². The van der Waals surface area contributed by atoms with E-state index in [9.17, 15) is 24.3 Å². The molecule has 0 radical (unpaired) electrons. The van der Waals surface area contributed by atoms with Crippen LogP contribution < -0.4 is 32.3 Å². The summed E-state index contributed by atoms with van der Waals surface area (Å²) in [7, 11) is 0. The number of carbonyl (C=O) groups is 4. The van der Waals surface area contributed by atoms with Gasteiger partial charge in [0, 0.05) is 30.6 Å². The summed E-state index contributed by atoms with van der Waals surface area (Å²) in [6.07, 6.45) is 3.02. The molecular formula is C25H35N7O5S. The summed E-state index contributed by atoms with van der Waals surface area (Å²) >= 11 is 1.46. The molecule has 0 saturated carbocycles. The second-order valence-corrected chi connectivity index (χ2v) is 10.5. The zero-order chi connectivity index (χ0) is 27.8. The van der Waals surface area contributed by atoms with Crippen molar-refractivity contribution in [3.05, 3.63) is 40.4 Å². The topological polar surface area (TPSA) is 188 Å². The fourth-order valence-corrected chi connectivity index (χ4v) is 4.62. The Bertz CT molecular complexity index is 1170. The molecule has 1 aliphatic rings. The number of hydrogen-bond donors (Lipinski definition) is 7. The second-order valence-electron chi connectivity index (χ2n) is 9.34. The molecule has 1 aliphatic heterocycles. The average molecular weight is 546 g/mol. The summed E-state index contributed by atoms with van der Waals surface area (Å²) in [5, 5.41) is 24.7. The van der Waals surface area contributed by atoms with E-state index in [1.54, 1.807) is 31.3 Å². The highest BCUT2D eigenvalue weighted by Gasteiger charge is 2.25. The highest BCUT2D eigenvalue weighted by Crippen LogP contribution is 2.26. The van der Waals surface area contributed by atoms with Gasteiger partial charge in [0.15, 0.2) is 5.13 Å². The van der Waals surface area contributed by atoms with Crippen molar-refractivity contribution in [1.29, 1.82) is 0 Å². The monoisotopic (exact) mass is 545 g/mol. The van der Waals surface area contributed by atoms with Crippen molar-refractivity contribution in [1.82, 2.24) is 26.3 Å². The SMILES string of the molecule is C[C@@H]1NC(=O)[C@H](C)NC(=O)[C@H](C)NC(=O)[C@@H](N)Cc2ccc(O)c(c2)Cc2cnc(s2)NCCCNC1=O. The first kappa shape index (κ1) is 28.9. The molecule has 13 heteroatoms. The molecule has 2 aromatic rings. The molecule has 8 N–H and O–H groups in total. The predicted molar refractivity (Wildman–Crippen MR) is 144 cm³/mol. The minimum Gasteiger partial charge on any atom is -0.508 e. The van der Waals surface area contributed by atoms with Gasteiger partial charge in [-0.05, 0) is 50.8 Å². The Morgan fingerprint density at radius 1 is 0.895 bits per heavy atom. The van der Waals surface area contributed by atoms with Crippen molar-refractivity contribution in [2.24, 2.45) is 5.73 Å². The Kier molecular flexibility index (Phi) is 10.0. The van der Waals surface area contributed by atoms with Crippen LogP contribution >= 0.6 is 11.3 Å². The molecule has 0 saturated heterocycles. The third-order valence-electron chi connectivity index (χ3n) is 6.04. The van der Waals surface area contributed by atoms with Crippen LogP contribution in [0.5, 0.6) is 5.75 Å². The van der Waals surface area contributed by atoms with Crippen molar-refractivity contribution >= 4 is 40.1 Å². The molecule has 0 spiro atoms. The molecule has 12 nitrogen and oxygen atoms in total. The van der Waals surface area contributed by atoms with Crippen molar-refractivity contribution in [2.75, 3.05) is 18.4 Å². The Morgan fingerprint density at radius 3 is 2.18 bits per heavy atom. The van der Waals surface area contributed by atoms with Crippen LogP contribution in [0.4, 0.5) is 5.13 Å². The Hall–Kier alpha value is -3.71. The normalized spacial score (nSPS) is 24.6. The van der Waals surface area contributed by atoms with Crippen LogP contribution in [0.3, 0.4) is 0 Å². The second kappa shape index (κ2) is 13.2. The summed E-state index contributed by atoms with van der Waals surface area (Å²) in [5.74, 6) is -1.85. The molecule has 4 atom stereocenters. The van der Waals surface area contributed by atoms with Crippen LogP contribution in [0.25, 0.3) is 0 Å². The number of carbonyl (C=O) groups excluding carboxylic acids is 4. The molecule has 1 aromatic heterocycles. The number of aromatic nitrogens is 1. The van der Waals surface area contributed by atoms with E-state index >= 15 is 0 Å². The first-order valence-electron chi connectivity index (χ1n) is 12.5. The van der Waals surface area contributed by atoms with E-state index in [0.717, 1.165) is 15.6 Å². The predicted octanol–water partition coefficient (Wildman–Crippen LogP) is -0.245. The third-order valence-corrected chi connectivity index (χ3v) is 6.99. The molecular weight excluding hydrogens is 510 g/mol. The standard InChI is InChI=1S/C25H35N7O5S/c1-13-21(34)27-7-4-8-28-25-29-12-18(38-25)11-17-9-16(5-6-20(17)33)10-19(26)24(37)32-15(3)23(36)31-14(2)22(35)30-13/h5-6,9,12-15,19,33H,4,7-8,10-11,26H2,1-3H3,(H,27,34)(H,28,29)(H,30,35)(H,31,36)(H,32,37)/t13-,14-,15-,19-/m0/s1. The molecule has 0 fully saturated rings. The van der Waals surface area contributed by atoms with Crippen LogP contribution in [-0.2, 0) is 32.0 Å². The summed E-state index contributed by atoms with van der Waals surface area (Å²) in [6.45, 7) is 5.51. The van der Waals surface area contributed by atoms with E-state index in [4.69, 9.17) is 5.73 Å². The number of amides is 4. The number of fused-ring (bicyclic) bond motifs is 4. The van der Waals surface area contributed by atoms with Crippen molar-refractivity contribution in [2.45, 2.75) is 64.2 Å². The maximum Gasteiger partial charge on any atom is 0.242 e. The maximum atomic E-state index is 12.6. The van der Waals surface area contributed by atoms with E-state index in [2.05, 4.69) is 31.6 Å². The number of nitrogens with one attached hydrogen (secondary N) is 5. The number of anilines is 1. The van der Waals surface area contributed by atoms with Gasteiger partial charge in [0.25, 0.3) is 0 Å². The minimum absolute atomic E-state index is 0.129. The fraction of sp³-hybridized carbons (Fsp3) is 0.480. The molecule has 38 heavy (non-hydrogen) atoms. The number of thiazole rings is 1. The van der Waals surface area contributed by atoms with Gasteiger partial charge in [-0.3, -0.25) is 19.2 Å². The maximum absolute atomic E-state index is 12.6. The number of nitrogens with two attached hydrogens (primary N) is 1. The quantitative estimate of drug-likeness (QED) is 0.236. The molecule has 0 aliphatic carbocycles. The van der Waals surface area contributed by atoms with Crippen LogP contribution in [0.2, 0.25) is 0 Å². The van der Waals surface area contributed by atoms with Gasteiger partial charge < -0.3 is 37.4 Å². The van der Waals surface area contributed by atoms with Gasteiger partial charge in [-0.2, -0.15) is 0 Å². The summed E-state index contributed by atoms with van der Waals surface area (Å²) in [5.41, 5.74) is 7.54. The van der Waals surface area contributed by atoms with Gasteiger partial charge in [0.1, 0.15) is 23.9 Å². The largest absolute Gasteiger partial charge is 0.508 e. The van der Waals surface area contributed by atoms with E-state index < -0.39 is 41.9 Å². The first-order chi connectivity index (χ1) is 18.0. The lowest BCUT2D eigenvalue weighted by Crippen LogP contribution is -2.56. The summed E-state index contributed by atoms with van der Waals surface area (Å²) < 4.78 is 0. The zero-order valence-corrected chi connectivity index (χ0v) is 22.5. The van der Waals surface area contributed by atoms with Gasteiger partial charge >= 0.3 is 0 Å². The number of aromatic hydroxyl groups is 1. The highest BCUT2D eigenvalue weighted by molar-refractivity contribution is 7.15. The Morgan fingerprint density at radius 2 is 1.50 bits per heavy atom. The van der Waals surface area contributed by atoms with Gasteiger partial charge in [0.05, 0.1) is 6.04 Å². The fourth-order valence-electron chi connectivity index (χ4n) is 3.75. The zero-order valence-electron chi connectivity index (χ0n) is 21.7. The lowest BCUT2D eigenvalue weighted by molar-refractivity contribution is -0.133. The average Bonchev–Trinajstić information content (AvgIpc) is 3.31. The van der Waals surface area contributed by atoms with Gasteiger partial charge in [-0.1, -0.05) is 12.1 Å². The number of benzene rings is 1. The van der Waals surface area contributed by atoms with Crippen LogP contribution in [-0.4, -0.2) is 71.0 Å². The molecule has 3 rings (SSSR count). The lowest BCUT2D eigenvalue weighted by Gasteiger charge is -2.21. The molecule has 206 valence electrons. The summed E-state index contributed by atoms with van der Waals surface area (Å²) in [4.78, 5) is 55.3. The van der Waals surface area contributed by atoms with Crippen molar-refractivity contribution in [3.63, 3.8) is 0 Å². The number of hydrogen-bond acceptors (Lipinski definition) is 9. The van der Waals surface area contributed by atoms with E-state index in [0.29, 0.717) is 31.5 Å². The molecule has 1 aromatic carbocycles. The third kappa shape index (κ3) is 8.15. The van der Waals surface area contributed by atoms with Crippen LogP contribution in [0.1, 0.15) is 43.2 Å². The molecule has 2 heterocycles. The van der Waals surface area contributed by atoms with E-state index in [1.165, 1.54) is 25.2 Å². The van der Waals surface area contributed by atoms with Gasteiger partial charge in [-0.25, -0.2) is 4.98 Å². The smallest absolute Gasteiger partial charge is 0.242 e. The van der Waals surface area contributed by atoms with Crippen LogP contribution in [0, 0.1) is 0 Å². The number of rotatable bonds is 0. The highest BCUT2D eigenvalue weighted by atomic mass is 32.1. The van der Waals surface area contributed by atoms with E-state index in [-0.39, 0.29) is 18.1 Å². The van der Waals surface area contributed by atoms with Crippen molar-refractivity contribution in [3.8, 4) is 5.75 Å².